The number of carbonyl (C=O) groups is 1. The molecule has 1 fully saturated rings. The highest BCUT2D eigenvalue weighted by molar-refractivity contribution is 5.73. The van der Waals surface area contributed by atoms with Gasteiger partial charge in [-0.2, -0.15) is 0 Å². The fourth-order valence-corrected chi connectivity index (χ4v) is 1.99. The second-order valence-electron chi connectivity index (χ2n) is 4.03. The molecule has 4 nitrogen and oxygen atoms in total. The van der Waals surface area contributed by atoms with Crippen LogP contribution in [0, 0.1) is 0 Å². The smallest absolute Gasteiger partial charge is 0.480 e. The van der Waals surface area contributed by atoms with Crippen molar-refractivity contribution in [1.29, 1.82) is 0 Å². The lowest BCUT2D eigenvalue weighted by Gasteiger charge is -2.26. The summed E-state index contributed by atoms with van der Waals surface area (Å²) in [6, 6.07) is -0.686. The number of rotatable bonds is 4. The van der Waals surface area contributed by atoms with E-state index < -0.39 is 25.0 Å². The lowest BCUT2D eigenvalue weighted by atomic mass is 10.1. The first kappa shape index (κ1) is 14.2. The summed E-state index contributed by atoms with van der Waals surface area (Å²) in [5.74, 6) is -0.973. The van der Waals surface area contributed by atoms with Crippen molar-refractivity contribution in [3.8, 4) is 0 Å². The minimum atomic E-state index is -4.65. The Kier molecular flexibility index (Phi) is 5.20. The topological polar surface area (TPSA) is 49.8 Å². The Labute approximate surface area is 97.3 Å². The highest BCUT2D eigenvalue weighted by atomic mass is 19.4. The van der Waals surface area contributed by atoms with Gasteiger partial charge in [0.1, 0.15) is 6.04 Å². The third-order valence-corrected chi connectivity index (χ3v) is 2.79. The van der Waals surface area contributed by atoms with Crippen LogP contribution < -0.4 is 0 Å². The number of halogens is 3. The molecule has 1 aliphatic rings. The predicted molar refractivity (Wildman–Crippen MR) is 53.5 cm³/mol. The monoisotopic (exact) mass is 255 g/mol. The third kappa shape index (κ3) is 5.36. The Bertz CT molecular complexity index is 258. The van der Waals surface area contributed by atoms with Gasteiger partial charge in [0.05, 0.1) is 6.61 Å². The van der Waals surface area contributed by atoms with Crippen LogP contribution in [-0.2, 0) is 9.53 Å². The second kappa shape index (κ2) is 6.20. The summed E-state index contributed by atoms with van der Waals surface area (Å²) in [7, 11) is 0. The molecule has 0 spiro atoms. The summed E-state index contributed by atoms with van der Waals surface area (Å²) in [5.41, 5.74) is 0. The van der Waals surface area contributed by atoms with Crippen LogP contribution in [0.1, 0.15) is 25.7 Å². The first-order chi connectivity index (χ1) is 7.90. The van der Waals surface area contributed by atoms with Crippen LogP contribution in [0.3, 0.4) is 0 Å². The highest BCUT2D eigenvalue weighted by Crippen LogP contribution is 2.19. The number of ether oxygens (including phenoxy) is 1. The zero-order valence-electron chi connectivity index (χ0n) is 9.37. The molecule has 1 atom stereocenters. The Balaban J connectivity index is 2.44. The average Bonchev–Trinajstić information content (AvgIpc) is 2.41. The molecular weight excluding hydrogens is 239 g/mol. The van der Waals surface area contributed by atoms with E-state index in [0.29, 0.717) is 13.0 Å². The van der Waals surface area contributed by atoms with Gasteiger partial charge in [0, 0.05) is 6.54 Å². The minimum absolute atomic E-state index is 0.00350. The zero-order valence-corrected chi connectivity index (χ0v) is 9.37. The Morgan fingerprint density at radius 3 is 2.65 bits per heavy atom. The fourth-order valence-electron chi connectivity index (χ4n) is 1.99. The average molecular weight is 255 g/mol. The predicted octanol–water partition coefficient (Wildman–Crippen LogP) is 1.85. The van der Waals surface area contributed by atoms with E-state index in [-0.39, 0.29) is 6.54 Å². The van der Waals surface area contributed by atoms with Crippen molar-refractivity contribution < 1.29 is 27.8 Å². The molecular formula is C10H16F3NO3. The van der Waals surface area contributed by atoms with E-state index in [2.05, 4.69) is 4.74 Å². The van der Waals surface area contributed by atoms with Crippen LogP contribution in [0.2, 0.25) is 0 Å². The van der Waals surface area contributed by atoms with E-state index in [1.807, 2.05) is 0 Å². The molecule has 1 unspecified atom stereocenters. The number of aliphatic carboxylic acids is 1. The van der Waals surface area contributed by atoms with Crippen LogP contribution in [-0.4, -0.2) is 48.1 Å². The molecule has 1 N–H and O–H groups in total. The van der Waals surface area contributed by atoms with Crippen molar-refractivity contribution in [2.24, 2.45) is 0 Å². The van der Waals surface area contributed by atoms with E-state index in [9.17, 15) is 18.0 Å². The van der Waals surface area contributed by atoms with Gasteiger partial charge in [0.25, 0.3) is 0 Å². The molecule has 0 amide bonds. The number of nitrogens with zero attached hydrogens (tertiary/aromatic N) is 1. The van der Waals surface area contributed by atoms with E-state index in [1.165, 1.54) is 0 Å². The Hall–Kier alpha value is -0.820. The van der Waals surface area contributed by atoms with E-state index in [0.717, 1.165) is 19.3 Å². The van der Waals surface area contributed by atoms with Gasteiger partial charge < -0.3 is 5.11 Å². The maximum atomic E-state index is 11.8. The Morgan fingerprint density at radius 1 is 1.35 bits per heavy atom. The van der Waals surface area contributed by atoms with Crippen LogP contribution in [0.25, 0.3) is 0 Å². The second-order valence-corrected chi connectivity index (χ2v) is 4.03. The van der Waals surface area contributed by atoms with Crippen molar-refractivity contribution in [3.63, 3.8) is 0 Å². The zero-order chi connectivity index (χ0) is 12.9. The summed E-state index contributed by atoms with van der Waals surface area (Å²) < 4.78 is 39.0. The lowest BCUT2D eigenvalue weighted by molar-refractivity contribution is -0.325. The van der Waals surface area contributed by atoms with Crippen molar-refractivity contribution in [3.05, 3.63) is 0 Å². The van der Waals surface area contributed by atoms with Gasteiger partial charge in [-0.05, 0) is 19.4 Å². The molecule has 0 bridgehead atoms. The van der Waals surface area contributed by atoms with Crippen LogP contribution in [0.4, 0.5) is 13.2 Å². The minimum Gasteiger partial charge on any atom is -0.480 e. The van der Waals surface area contributed by atoms with Gasteiger partial charge in [0.15, 0.2) is 0 Å². The van der Waals surface area contributed by atoms with Crippen molar-refractivity contribution >= 4 is 5.97 Å². The van der Waals surface area contributed by atoms with Gasteiger partial charge in [-0.3, -0.25) is 14.4 Å². The van der Waals surface area contributed by atoms with Crippen LogP contribution >= 0.6 is 0 Å². The largest absolute Gasteiger partial charge is 0.522 e. The molecule has 1 heterocycles. The number of carboxylic acids is 1. The molecule has 0 aromatic heterocycles. The normalized spacial score (nSPS) is 23.4. The molecule has 0 saturated carbocycles. The SMILES string of the molecule is O=C(O)C1CCCCCN1CCOC(F)(F)F. The Morgan fingerprint density at radius 2 is 2.06 bits per heavy atom. The summed E-state index contributed by atoms with van der Waals surface area (Å²) in [4.78, 5) is 12.5. The first-order valence-corrected chi connectivity index (χ1v) is 5.58. The van der Waals surface area contributed by atoms with E-state index >= 15 is 0 Å². The number of hydrogen-bond donors (Lipinski definition) is 1. The molecule has 7 heteroatoms. The summed E-state index contributed by atoms with van der Waals surface area (Å²) >= 11 is 0. The molecule has 0 aliphatic carbocycles. The number of hydrogen-bond acceptors (Lipinski definition) is 3. The van der Waals surface area contributed by atoms with Crippen molar-refractivity contribution in [1.82, 2.24) is 4.90 Å². The summed E-state index contributed by atoms with van der Waals surface area (Å²) in [5, 5.41) is 8.99. The fraction of sp³-hybridized carbons (Fsp3) is 0.900. The van der Waals surface area contributed by atoms with E-state index in [4.69, 9.17) is 5.11 Å². The maximum absolute atomic E-state index is 11.8. The first-order valence-electron chi connectivity index (χ1n) is 5.58. The molecule has 0 aromatic rings. The van der Waals surface area contributed by atoms with Gasteiger partial charge in [-0.1, -0.05) is 12.8 Å². The molecule has 1 saturated heterocycles. The third-order valence-electron chi connectivity index (χ3n) is 2.79. The summed E-state index contributed by atoms with van der Waals surface area (Å²) in [6.45, 7) is -0.0120. The highest BCUT2D eigenvalue weighted by Gasteiger charge is 2.31. The van der Waals surface area contributed by atoms with Crippen molar-refractivity contribution in [2.75, 3.05) is 19.7 Å². The molecule has 1 rings (SSSR count). The van der Waals surface area contributed by atoms with Gasteiger partial charge in [-0.15, -0.1) is 13.2 Å². The standard InChI is InChI=1S/C10H16F3NO3/c11-10(12,13)17-7-6-14-5-3-1-2-4-8(14)9(15)16/h8H,1-7H2,(H,15,16). The molecule has 1 aliphatic heterocycles. The van der Waals surface area contributed by atoms with E-state index in [1.54, 1.807) is 4.90 Å². The summed E-state index contributed by atoms with van der Waals surface area (Å²) in [6.07, 6.45) is -1.63. The molecule has 0 radical (unpaired) electrons. The van der Waals surface area contributed by atoms with Gasteiger partial charge in [0.2, 0.25) is 0 Å². The maximum Gasteiger partial charge on any atom is 0.522 e. The van der Waals surface area contributed by atoms with Crippen molar-refractivity contribution in [2.45, 2.75) is 38.1 Å². The number of carboxylic acid groups (broad SMARTS) is 1. The quantitative estimate of drug-likeness (QED) is 0.833. The van der Waals surface area contributed by atoms with Crippen LogP contribution in [0.15, 0.2) is 0 Å². The van der Waals surface area contributed by atoms with Gasteiger partial charge >= 0.3 is 12.3 Å². The number of alkyl halides is 3. The van der Waals surface area contributed by atoms with Gasteiger partial charge in [-0.25, -0.2) is 0 Å². The number of likely N-dealkylation sites (tertiary alicyclic amines) is 1. The molecule has 0 aromatic carbocycles. The van der Waals surface area contributed by atoms with Crippen LogP contribution in [0.5, 0.6) is 0 Å². The molecule has 17 heavy (non-hydrogen) atoms. The lowest BCUT2D eigenvalue weighted by Crippen LogP contribution is -2.42. The molecule has 100 valence electrons.